The van der Waals surface area contributed by atoms with Crippen molar-refractivity contribution in [3.8, 4) is 0 Å². The third-order valence-corrected chi connectivity index (χ3v) is 5.96. The molecule has 0 aromatic rings. The van der Waals surface area contributed by atoms with E-state index in [0.717, 1.165) is 51.4 Å². The number of hydrogen-bond acceptors (Lipinski definition) is 3. The molecule has 3 rings (SSSR count). The Balaban J connectivity index is 1.72. The number of nitrogens with one attached hydrogen (secondary N) is 1. The molecule has 0 bridgehead atoms. The van der Waals surface area contributed by atoms with Gasteiger partial charge in [0.15, 0.2) is 0 Å². The zero-order chi connectivity index (χ0) is 14.9. The molecule has 0 unspecified atom stereocenters. The summed E-state index contributed by atoms with van der Waals surface area (Å²) < 4.78 is 0. The maximum Gasteiger partial charge on any atom is 0.236 e. The van der Waals surface area contributed by atoms with Crippen molar-refractivity contribution in [3.63, 3.8) is 0 Å². The van der Waals surface area contributed by atoms with Gasteiger partial charge in [-0.1, -0.05) is 25.7 Å². The quantitative estimate of drug-likeness (QED) is 0.796. The normalized spacial score (nSPS) is 33.5. The molecule has 0 aromatic heterocycles. The molecular weight excluding hydrogens is 264 g/mol. The molecule has 4 nitrogen and oxygen atoms in total. The number of amides is 2. The molecule has 21 heavy (non-hydrogen) atoms. The predicted octanol–water partition coefficient (Wildman–Crippen LogP) is 2.62. The van der Waals surface area contributed by atoms with Crippen LogP contribution in [0.15, 0.2) is 0 Å². The molecular formula is C17H28N2O2. The summed E-state index contributed by atoms with van der Waals surface area (Å²) in [5.74, 6) is 0.275. The lowest BCUT2D eigenvalue weighted by Gasteiger charge is -2.34. The third kappa shape index (κ3) is 2.75. The Morgan fingerprint density at radius 2 is 1.62 bits per heavy atom. The van der Waals surface area contributed by atoms with Crippen molar-refractivity contribution >= 4 is 11.8 Å². The third-order valence-electron chi connectivity index (χ3n) is 5.96. The fourth-order valence-electron chi connectivity index (χ4n) is 4.61. The number of carbonyl (C=O) groups excluding carboxylic acids is 2. The van der Waals surface area contributed by atoms with Crippen LogP contribution in [0.3, 0.4) is 0 Å². The summed E-state index contributed by atoms with van der Waals surface area (Å²) in [6, 6.07) is 0.720. The van der Waals surface area contributed by atoms with Crippen LogP contribution in [0.2, 0.25) is 0 Å². The highest BCUT2D eigenvalue weighted by Gasteiger charge is 2.52. The molecule has 0 aromatic carbocycles. The van der Waals surface area contributed by atoms with E-state index in [9.17, 15) is 9.59 Å². The maximum absolute atomic E-state index is 13.0. The van der Waals surface area contributed by atoms with E-state index in [1.165, 1.54) is 12.8 Å². The second kappa shape index (κ2) is 6.07. The van der Waals surface area contributed by atoms with Gasteiger partial charge in [0.1, 0.15) is 0 Å². The van der Waals surface area contributed by atoms with E-state index < -0.39 is 0 Å². The molecule has 4 heteroatoms. The number of nitrogens with zero attached hydrogens (tertiary/aromatic N) is 1. The minimum atomic E-state index is -0.326. The number of carbonyl (C=O) groups is 2. The molecule has 2 saturated carbocycles. The van der Waals surface area contributed by atoms with E-state index in [-0.39, 0.29) is 23.3 Å². The topological polar surface area (TPSA) is 49.4 Å². The highest BCUT2D eigenvalue weighted by Crippen LogP contribution is 2.46. The molecule has 1 heterocycles. The summed E-state index contributed by atoms with van der Waals surface area (Å²) in [6.07, 6.45) is 11.1. The molecule has 1 N–H and O–H groups in total. The molecule has 2 aliphatic carbocycles. The smallest absolute Gasteiger partial charge is 0.236 e. The summed E-state index contributed by atoms with van der Waals surface area (Å²) in [7, 11) is 2.00. The van der Waals surface area contributed by atoms with Crippen LogP contribution in [0.1, 0.15) is 70.6 Å². The van der Waals surface area contributed by atoms with Crippen LogP contribution in [0.5, 0.6) is 0 Å². The standard InChI is InChI=1S/C17H28N2O2/c1-18-13-6-8-14(9-7-13)19-15(20)12-17(16(19)21)10-4-2-3-5-11-17/h13-14,18H,2-12H2,1H3. The Kier molecular flexibility index (Phi) is 4.34. The largest absolute Gasteiger partial charge is 0.317 e. The van der Waals surface area contributed by atoms with Crippen LogP contribution in [-0.4, -0.2) is 35.8 Å². The highest BCUT2D eigenvalue weighted by atomic mass is 16.2. The van der Waals surface area contributed by atoms with Crippen LogP contribution in [0.25, 0.3) is 0 Å². The summed E-state index contributed by atoms with van der Waals surface area (Å²) in [5, 5.41) is 3.31. The Morgan fingerprint density at radius 1 is 1.00 bits per heavy atom. The minimum Gasteiger partial charge on any atom is -0.317 e. The van der Waals surface area contributed by atoms with Crippen molar-refractivity contribution in [1.29, 1.82) is 0 Å². The Bertz CT molecular complexity index is 405. The van der Waals surface area contributed by atoms with Gasteiger partial charge in [-0.25, -0.2) is 0 Å². The summed E-state index contributed by atoms with van der Waals surface area (Å²) in [4.78, 5) is 27.2. The van der Waals surface area contributed by atoms with E-state index in [1.54, 1.807) is 4.90 Å². The van der Waals surface area contributed by atoms with Gasteiger partial charge in [-0.15, -0.1) is 0 Å². The number of hydrogen-bond donors (Lipinski definition) is 1. The van der Waals surface area contributed by atoms with E-state index in [1.807, 2.05) is 7.05 Å². The lowest BCUT2D eigenvalue weighted by Crippen LogP contribution is -2.46. The van der Waals surface area contributed by atoms with Crippen molar-refractivity contribution in [2.24, 2.45) is 5.41 Å². The van der Waals surface area contributed by atoms with E-state index in [4.69, 9.17) is 0 Å². The summed E-state index contributed by atoms with van der Waals surface area (Å²) in [5.41, 5.74) is -0.326. The van der Waals surface area contributed by atoms with Gasteiger partial charge in [-0.2, -0.15) is 0 Å². The zero-order valence-corrected chi connectivity index (χ0v) is 13.2. The Labute approximate surface area is 127 Å². The Morgan fingerprint density at radius 3 is 2.19 bits per heavy atom. The first-order chi connectivity index (χ1) is 10.2. The van der Waals surface area contributed by atoms with Gasteiger partial charge < -0.3 is 5.32 Å². The van der Waals surface area contributed by atoms with Gasteiger partial charge in [-0.05, 0) is 45.6 Å². The van der Waals surface area contributed by atoms with Gasteiger partial charge >= 0.3 is 0 Å². The second-order valence-electron chi connectivity index (χ2n) is 7.23. The predicted molar refractivity (Wildman–Crippen MR) is 81.7 cm³/mol. The SMILES string of the molecule is CNC1CCC(N2C(=O)CC3(CCCCCC3)C2=O)CC1. The van der Waals surface area contributed by atoms with Gasteiger partial charge in [0.25, 0.3) is 0 Å². The maximum atomic E-state index is 13.0. The van der Waals surface area contributed by atoms with E-state index in [2.05, 4.69) is 5.32 Å². The minimum absolute atomic E-state index is 0.106. The number of rotatable bonds is 2. The first-order valence-corrected chi connectivity index (χ1v) is 8.70. The fourth-order valence-corrected chi connectivity index (χ4v) is 4.61. The van der Waals surface area contributed by atoms with Crippen LogP contribution >= 0.6 is 0 Å². The van der Waals surface area contributed by atoms with Crippen LogP contribution in [0.4, 0.5) is 0 Å². The van der Waals surface area contributed by atoms with Gasteiger partial charge in [0, 0.05) is 18.5 Å². The average molecular weight is 292 g/mol. The number of likely N-dealkylation sites (tertiary alicyclic amines) is 1. The lowest BCUT2D eigenvalue weighted by molar-refractivity contribution is -0.145. The molecule has 0 atom stereocenters. The van der Waals surface area contributed by atoms with Crippen LogP contribution in [0, 0.1) is 5.41 Å². The van der Waals surface area contributed by atoms with Crippen molar-refractivity contribution in [1.82, 2.24) is 10.2 Å². The Hall–Kier alpha value is -0.900. The fraction of sp³-hybridized carbons (Fsp3) is 0.882. The van der Waals surface area contributed by atoms with Gasteiger partial charge in [-0.3, -0.25) is 14.5 Å². The number of imide groups is 1. The summed E-state index contributed by atoms with van der Waals surface area (Å²) in [6.45, 7) is 0. The van der Waals surface area contributed by atoms with Crippen LogP contribution < -0.4 is 5.32 Å². The van der Waals surface area contributed by atoms with Gasteiger partial charge in [0.2, 0.25) is 11.8 Å². The monoisotopic (exact) mass is 292 g/mol. The van der Waals surface area contributed by atoms with E-state index in [0.29, 0.717) is 12.5 Å². The van der Waals surface area contributed by atoms with Crippen molar-refractivity contribution in [2.45, 2.75) is 82.7 Å². The molecule has 1 saturated heterocycles. The van der Waals surface area contributed by atoms with Gasteiger partial charge in [0.05, 0.1) is 5.41 Å². The lowest BCUT2D eigenvalue weighted by atomic mass is 9.79. The zero-order valence-electron chi connectivity index (χ0n) is 13.2. The van der Waals surface area contributed by atoms with Crippen molar-refractivity contribution < 1.29 is 9.59 Å². The average Bonchev–Trinajstić information content (AvgIpc) is 2.67. The highest BCUT2D eigenvalue weighted by molar-refractivity contribution is 6.06. The molecule has 118 valence electrons. The second-order valence-corrected chi connectivity index (χ2v) is 7.23. The molecule has 1 spiro atoms. The molecule has 3 aliphatic rings. The first kappa shape index (κ1) is 15.0. The summed E-state index contributed by atoms with van der Waals surface area (Å²) >= 11 is 0. The van der Waals surface area contributed by atoms with E-state index >= 15 is 0 Å². The molecule has 1 aliphatic heterocycles. The molecule has 2 amide bonds. The van der Waals surface area contributed by atoms with Crippen LogP contribution in [-0.2, 0) is 9.59 Å². The molecule has 0 radical (unpaired) electrons. The van der Waals surface area contributed by atoms with Crippen molar-refractivity contribution in [3.05, 3.63) is 0 Å². The van der Waals surface area contributed by atoms with Crippen molar-refractivity contribution in [2.75, 3.05) is 7.05 Å². The first-order valence-electron chi connectivity index (χ1n) is 8.70. The molecule has 3 fully saturated rings.